The van der Waals surface area contributed by atoms with Crippen LogP contribution in [0.3, 0.4) is 0 Å². The van der Waals surface area contributed by atoms with Gasteiger partial charge in [-0.25, -0.2) is 0 Å². The summed E-state index contributed by atoms with van der Waals surface area (Å²) in [5.74, 6) is 1.03. The van der Waals surface area contributed by atoms with Crippen LogP contribution in [0.4, 0.5) is 0 Å². The van der Waals surface area contributed by atoms with Gasteiger partial charge in [-0.1, -0.05) is 24.3 Å². The van der Waals surface area contributed by atoms with Crippen molar-refractivity contribution in [3.8, 4) is 5.75 Å². The van der Waals surface area contributed by atoms with Crippen LogP contribution in [0, 0.1) is 0 Å². The van der Waals surface area contributed by atoms with Gasteiger partial charge in [0.05, 0.1) is 24.9 Å². The standard InChI is InChI=1S/C22H27N3O3/c26-22(17-24-11-13-28-21-9-2-1-6-18(21)14-24)25(16-20-8-5-12-27-20)15-19-7-3-4-10-23-19/h1-4,6-7,9-10,20H,5,8,11-17H2. The van der Waals surface area contributed by atoms with Crippen molar-refractivity contribution in [3.63, 3.8) is 0 Å². The first kappa shape index (κ1) is 18.9. The number of carbonyl (C=O) groups excluding carboxylic acids is 1. The molecule has 6 nitrogen and oxygen atoms in total. The topological polar surface area (TPSA) is 54.9 Å². The van der Waals surface area contributed by atoms with Crippen molar-refractivity contribution in [3.05, 3.63) is 59.9 Å². The van der Waals surface area contributed by atoms with Crippen LogP contribution in [0.5, 0.6) is 5.75 Å². The van der Waals surface area contributed by atoms with Crippen molar-refractivity contribution in [1.29, 1.82) is 0 Å². The average Bonchev–Trinajstić information content (AvgIpc) is 3.14. The Morgan fingerprint density at radius 3 is 2.89 bits per heavy atom. The number of aromatic nitrogens is 1. The molecule has 6 heteroatoms. The number of benzene rings is 1. The first-order chi connectivity index (χ1) is 13.8. The van der Waals surface area contributed by atoms with Gasteiger partial charge in [-0.2, -0.15) is 0 Å². The number of rotatable bonds is 6. The fourth-order valence-corrected chi connectivity index (χ4v) is 3.78. The third kappa shape index (κ3) is 4.88. The molecule has 1 fully saturated rings. The normalized spacial score (nSPS) is 19.5. The highest BCUT2D eigenvalue weighted by Crippen LogP contribution is 2.22. The van der Waals surface area contributed by atoms with Gasteiger partial charge in [-0.05, 0) is 31.0 Å². The van der Waals surface area contributed by atoms with Crippen LogP contribution >= 0.6 is 0 Å². The van der Waals surface area contributed by atoms with Gasteiger partial charge in [0.15, 0.2) is 0 Å². The number of nitrogens with zero attached hydrogens (tertiary/aromatic N) is 3. The van der Waals surface area contributed by atoms with E-state index in [0.717, 1.165) is 49.5 Å². The fourth-order valence-electron chi connectivity index (χ4n) is 3.78. The van der Waals surface area contributed by atoms with Crippen LogP contribution < -0.4 is 4.74 Å². The van der Waals surface area contributed by atoms with Gasteiger partial charge in [-0.15, -0.1) is 0 Å². The Bertz CT molecular complexity index is 778. The minimum absolute atomic E-state index is 0.112. The van der Waals surface area contributed by atoms with Crippen LogP contribution in [0.25, 0.3) is 0 Å². The first-order valence-electron chi connectivity index (χ1n) is 10.0. The third-order valence-electron chi connectivity index (χ3n) is 5.27. The molecule has 2 aromatic rings. The Hall–Kier alpha value is -2.44. The van der Waals surface area contributed by atoms with Gasteiger partial charge in [0.1, 0.15) is 12.4 Å². The highest BCUT2D eigenvalue weighted by Gasteiger charge is 2.25. The fraction of sp³-hybridized carbons (Fsp3) is 0.455. The van der Waals surface area contributed by atoms with E-state index >= 15 is 0 Å². The molecule has 1 amide bonds. The van der Waals surface area contributed by atoms with Gasteiger partial charge in [-0.3, -0.25) is 14.7 Å². The summed E-state index contributed by atoms with van der Waals surface area (Å²) in [6.45, 7) is 4.35. The van der Waals surface area contributed by atoms with E-state index in [9.17, 15) is 4.79 Å². The highest BCUT2D eigenvalue weighted by molar-refractivity contribution is 5.78. The number of para-hydroxylation sites is 1. The summed E-state index contributed by atoms with van der Waals surface area (Å²) < 4.78 is 11.6. The second-order valence-corrected chi connectivity index (χ2v) is 7.40. The van der Waals surface area contributed by atoms with Gasteiger partial charge in [0.2, 0.25) is 5.91 Å². The molecule has 148 valence electrons. The van der Waals surface area contributed by atoms with Crippen LogP contribution in [0.2, 0.25) is 0 Å². The van der Waals surface area contributed by atoms with Crippen molar-refractivity contribution < 1.29 is 14.3 Å². The molecule has 1 aromatic carbocycles. The first-order valence-corrected chi connectivity index (χ1v) is 10.0. The van der Waals surface area contributed by atoms with Crippen molar-refractivity contribution in [2.45, 2.75) is 32.0 Å². The van der Waals surface area contributed by atoms with E-state index in [-0.39, 0.29) is 12.0 Å². The number of carbonyl (C=O) groups is 1. The van der Waals surface area contributed by atoms with E-state index in [0.29, 0.717) is 26.2 Å². The summed E-state index contributed by atoms with van der Waals surface area (Å²) in [4.78, 5) is 21.6. The molecule has 0 bridgehead atoms. The number of amides is 1. The highest BCUT2D eigenvalue weighted by atomic mass is 16.5. The lowest BCUT2D eigenvalue weighted by atomic mass is 10.2. The van der Waals surface area contributed by atoms with E-state index in [1.165, 1.54) is 0 Å². The molecular formula is C22H27N3O3. The molecule has 0 radical (unpaired) electrons. The molecule has 2 aliphatic heterocycles. The van der Waals surface area contributed by atoms with Crippen LogP contribution in [-0.2, 0) is 22.6 Å². The molecule has 4 rings (SSSR count). The molecule has 0 N–H and O–H groups in total. The number of hydrogen-bond donors (Lipinski definition) is 0. The lowest BCUT2D eigenvalue weighted by Crippen LogP contribution is -2.43. The summed E-state index contributed by atoms with van der Waals surface area (Å²) in [6, 6.07) is 13.9. The van der Waals surface area contributed by atoms with Crippen LogP contribution in [0.15, 0.2) is 48.7 Å². The maximum Gasteiger partial charge on any atom is 0.237 e. The molecule has 0 spiro atoms. The van der Waals surface area contributed by atoms with E-state index in [1.807, 2.05) is 41.3 Å². The van der Waals surface area contributed by atoms with Crippen molar-refractivity contribution in [1.82, 2.24) is 14.8 Å². The molecule has 28 heavy (non-hydrogen) atoms. The summed E-state index contributed by atoms with van der Waals surface area (Å²) in [5.41, 5.74) is 2.03. The second-order valence-electron chi connectivity index (χ2n) is 7.40. The van der Waals surface area contributed by atoms with Crippen LogP contribution in [0.1, 0.15) is 24.1 Å². The SMILES string of the molecule is O=C(CN1CCOc2ccccc2C1)N(Cc1ccccn1)CC1CCCO1. The Kier molecular flexibility index (Phi) is 6.19. The summed E-state index contributed by atoms with van der Waals surface area (Å²) >= 11 is 0. The van der Waals surface area contributed by atoms with Gasteiger partial charge >= 0.3 is 0 Å². The Balaban J connectivity index is 1.43. The molecule has 1 saturated heterocycles. The number of hydrogen-bond acceptors (Lipinski definition) is 5. The van der Waals surface area contributed by atoms with E-state index in [2.05, 4.69) is 16.0 Å². The minimum Gasteiger partial charge on any atom is -0.492 e. The molecule has 1 atom stereocenters. The molecule has 2 aliphatic rings. The maximum atomic E-state index is 13.2. The summed E-state index contributed by atoms with van der Waals surface area (Å²) in [5, 5.41) is 0. The zero-order valence-electron chi connectivity index (χ0n) is 16.1. The van der Waals surface area contributed by atoms with Gasteiger partial charge in [0, 0.05) is 38.0 Å². The monoisotopic (exact) mass is 381 g/mol. The number of pyridine rings is 1. The summed E-state index contributed by atoms with van der Waals surface area (Å²) in [6.07, 6.45) is 3.97. The Morgan fingerprint density at radius 2 is 2.07 bits per heavy atom. The molecule has 1 aromatic heterocycles. The number of fused-ring (bicyclic) bond motifs is 1. The third-order valence-corrected chi connectivity index (χ3v) is 5.27. The zero-order valence-corrected chi connectivity index (χ0v) is 16.1. The lowest BCUT2D eigenvalue weighted by Gasteiger charge is -2.28. The van der Waals surface area contributed by atoms with Crippen molar-refractivity contribution in [2.75, 3.05) is 32.8 Å². The largest absolute Gasteiger partial charge is 0.492 e. The minimum atomic E-state index is 0.112. The lowest BCUT2D eigenvalue weighted by molar-refractivity contribution is -0.134. The predicted molar refractivity (Wildman–Crippen MR) is 106 cm³/mol. The quantitative estimate of drug-likeness (QED) is 0.770. The average molecular weight is 381 g/mol. The van der Waals surface area contributed by atoms with Gasteiger partial charge < -0.3 is 14.4 Å². The molecule has 3 heterocycles. The van der Waals surface area contributed by atoms with E-state index in [4.69, 9.17) is 9.47 Å². The van der Waals surface area contributed by atoms with Gasteiger partial charge in [0.25, 0.3) is 0 Å². The second kappa shape index (κ2) is 9.17. The molecule has 1 unspecified atom stereocenters. The van der Waals surface area contributed by atoms with Crippen LogP contribution in [-0.4, -0.2) is 59.6 Å². The molecule has 0 aliphatic carbocycles. The Labute approximate surface area is 166 Å². The van der Waals surface area contributed by atoms with E-state index in [1.54, 1.807) is 6.20 Å². The van der Waals surface area contributed by atoms with E-state index < -0.39 is 0 Å². The number of ether oxygens (including phenoxy) is 2. The smallest absolute Gasteiger partial charge is 0.237 e. The van der Waals surface area contributed by atoms with Crippen molar-refractivity contribution >= 4 is 5.91 Å². The molecule has 0 saturated carbocycles. The van der Waals surface area contributed by atoms with Crippen molar-refractivity contribution in [2.24, 2.45) is 0 Å². The predicted octanol–water partition coefficient (Wildman–Crippen LogP) is 2.48. The zero-order chi connectivity index (χ0) is 19.2. The molecular weight excluding hydrogens is 354 g/mol. The Morgan fingerprint density at radius 1 is 1.18 bits per heavy atom. The summed E-state index contributed by atoms with van der Waals surface area (Å²) in [7, 11) is 0. The maximum absolute atomic E-state index is 13.2.